The van der Waals surface area contributed by atoms with Gasteiger partial charge in [-0.05, 0) is 25.7 Å². The first kappa shape index (κ1) is 15.8. The minimum Gasteiger partial charge on any atom is -0.388 e. The largest absolute Gasteiger partial charge is 0.388 e. The lowest BCUT2D eigenvalue weighted by molar-refractivity contribution is -0.140. The quantitative estimate of drug-likeness (QED) is 0.776. The van der Waals surface area contributed by atoms with Crippen molar-refractivity contribution in [2.75, 3.05) is 13.1 Å². The van der Waals surface area contributed by atoms with Gasteiger partial charge in [-0.2, -0.15) is 0 Å². The third-order valence-electron chi connectivity index (χ3n) is 4.58. The number of nitrogens with zero attached hydrogens (tertiary/aromatic N) is 1. The summed E-state index contributed by atoms with van der Waals surface area (Å²) in [5.41, 5.74) is -0.647. The minimum absolute atomic E-state index is 0.0573. The zero-order chi connectivity index (χ0) is 14.6. The van der Waals surface area contributed by atoms with Crippen LogP contribution in [0.4, 0.5) is 0 Å². The third kappa shape index (κ3) is 4.19. The van der Waals surface area contributed by atoms with Crippen LogP contribution in [0.3, 0.4) is 0 Å². The van der Waals surface area contributed by atoms with Gasteiger partial charge in [0.15, 0.2) is 0 Å². The lowest BCUT2D eigenvalue weighted by atomic mass is 9.92. The molecular weight excluding hydrogens is 252 g/mol. The fraction of sp³-hybridized carbons (Fsp3) is 0.938. The van der Waals surface area contributed by atoms with Crippen molar-refractivity contribution in [1.29, 1.82) is 0 Å². The number of hydrogen-bond acceptors (Lipinski definition) is 3. The van der Waals surface area contributed by atoms with Gasteiger partial charge in [-0.3, -0.25) is 4.79 Å². The van der Waals surface area contributed by atoms with E-state index in [1.165, 1.54) is 12.8 Å². The van der Waals surface area contributed by atoms with E-state index in [9.17, 15) is 9.90 Å². The molecule has 0 spiro atoms. The first-order valence-electron chi connectivity index (χ1n) is 8.27. The summed E-state index contributed by atoms with van der Waals surface area (Å²) in [5.74, 6) is 0.183. The van der Waals surface area contributed by atoms with Crippen molar-refractivity contribution in [3.05, 3.63) is 0 Å². The Labute approximate surface area is 122 Å². The normalized spacial score (nSPS) is 27.7. The molecule has 2 N–H and O–H groups in total. The van der Waals surface area contributed by atoms with Gasteiger partial charge in [-0.25, -0.2) is 0 Å². The Hall–Kier alpha value is -0.610. The lowest BCUT2D eigenvalue weighted by Crippen LogP contribution is -2.56. The minimum atomic E-state index is -0.647. The number of likely N-dealkylation sites (tertiary alicyclic amines) is 1. The summed E-state index contributed by atoms with van der Waals surface area (Å²) in [7, 11) is 0. The van der Waals surface area contributed by atoms with Crippen LogP contribution in [0.1, 0.15) is 65.2 Å². The van der Waals surface area contributed by atoms with Gasteiger partial charge in [0.1, 0.15) is 0 Å². The third-order valence-corrected chi connectivity index (χ3v) is 4.58. The van der Waals surface area contributed by atoms with Crippen molar-refractivity contribution in [3.8, 4) is 0 Å². The maximum atomic E-state index is 12.5. The fourth-order valence-corrected chi connectivity index (χ4v) is 3.55. The highest BCUT2D eigenvalue weighted by Crippen LogP contribution is 2.29. The number of rotatable bonds is 4. The van der Waals surface area contributed by atoms with Crippen LogP contribution >= 0.6 is 0 Å². The highest BCUT2D eigenvalue weighted by molar-refractivity contribution is 5.82. The predicted octanol–water partition coefficient (Wildman–Crippen LogP) is 2.06. The van der Waals surface area contributed by atoms with Crippen molar-refractivity contribution in [3.63, 3.8) is 0 Å². The highest BCUT2D eigenvalue weighted by Gasteiger charge is 2.36. The smallest absolute Gasteiger partial charge is 0.239 e. The molecule has 2 aliphatic rings. The molecule has 1 amide bonds. The van der Waals surface area contributed by atoms with E-state index in [1.807, 2.05) is 4.90 Å². The number of nitrogens with one attached hydrogen (secondary N) is 1. The van der Waals surface area contributed by atoms with Crippen LogP contribution in [0.2, 0.25) is 0 Å². The molecule has 116 valence electrons. The molecule has 0 bridgehead atoms. The Kier molecular flexibility index (Phi) is 5.44. The summed E-state index contributed by atoms with van der Waals surface area (Å²) in [6, 6.07) is 0.267. The molecule has 1 atom stereocenters. The molecular formula is C16H30N2O2. The van der Waals surface area contributed by atoms with Crippen LogP contribution in [0.5, 0.6) is 0 Å². The standard InChI is InChI=1S/C16H30N2O2/c1-13(2)17-14-8-7-11-18(15(14)19)12-16(20)9-5-3-4-6-10-16/h13-14,17,20H,3-12H2,1-2H3. The summed E-state index contributed by atoms with van der Waals surface area (Å²) in [4.78, 5) is 14.4. The van der Waals surface area contributed by atoms with E-state index in [0.717, 1.165) is 45.1 Å². The van der Waals surface area contributed by atoms with E-state index >= 15 is 0 Å². The molecule has 4 nitrogen and oxygen atoms in total. The molecule has 2 rings (SSSR count). The number of β-amino-alcohol motifs (C(OH)–C–C–N with tert-alkyl or cyclic N) is 1. The Morgan fingerprint density at radius 3 is 2.50 bits per heavy atom. The van der Waals surface area contributed by atoms with Gasteiger partial charge >= 0.3 is 0 Å². The Bertz CT molecular complexity index is 322. The van der Waals surface area contributed by atoms with Gasteiger partial charge in [0.25, 0.3) is 0 Å². The van der Waals surface area contributed by atoms with Crippen LogP contribution < -0.4 is 5.32 Å². The molecule has 1 aliphatic carbocycles. The second-order valence-electron chi connectivity index (χ2n) is 6.91. The molecule has 0 aromatic heterocycles. The summed E-state index contributed by atoms with van der Waals surface area (Å²) >= 11 is 0. The van der Waals surface area contributed by atoms with E-state index < -0.39 is 5.60 Å². The van der Waals surface area contributed by atoms with Crippen LogP contribution in [0.25, 0.3) is 0 Å². The van der Waals surface area contributed by atoms with Gasteiger partial charge in [-0.15, -0.1) is 0 Å². The summed E-state index contributed by atoms with van der Waals surface area (Å²) in [6.07, 6.45) is 8.26. The van der Waals surface area contributed by atoms with E-state index in [-0.39, 0.29) is 11.9 Å². The molecule has 0 aromatic rings. The summed E-state index contributed by atoms with van der Waals surface area (Å²) in [6.45, 7) is 5.48. The van der Waals surface area contributed by atoms with Gasteiger partial charge < -0.3 is 15.3 Å². The van der Waals surface area contributed by atoms with Crippen LogP contribution in [-0.4, -0.2) is 46.7 Å². The monoisotopic (exact) mass is 282 g/mol. The molecule has 20 heavy (non-hydrogen) atoms. The maximum absolute atomic E-state index is 12.5. The molecule has 1 aliphatic heterocycles. The molecule has 0 radical (unpaired) electrons. The molecule has 1 saturated carbocycles. The zero-order valence-corrected chi connectivity index (χ0v) is 13.0. The topological polar surface area (TPSA) is 52.6 Å². The molecule has 1 heterocycles. The van der Waals surface area contributed by atoms with Crippen molar-refractivity contribution >= 4 is 5.91 Å². The van der Waals surface area contributed by atoms with Crippen LogP contribution in [0, 0.1) is 0 Å². The van der Waals surface area contributed by atoms with Gasteiger partial charge in [0, 0.05) is 19.1 Å². The van der Waals surface area contributed by atoms with Crippen molar-refractivity contribution < 1.29 is 9.90 Å². The van der Waals surface area contributed by atoms with Crippen molar-refractivity contribution in [2.24, 2.45) is 0 Å². The van der Waals surface area contributed by atoms with Gasteiger partial charge in [0.05, 0.1) is 11.6 Å². The number of carbonyl (C=O) groups is 1. The number of carbonyl (C=O) groups excluding carboxylic acids is 1. The number of hydrogen-bond donors (Lipinski definition) is 2. The fourth-order valence-electron chi connectivity index (χ4n) is 3.55. The predicted molar refractivity (Wildman–Crippen MR) is 80.5 cm³/mol. The zero-order valence-electron chi connectivity index (χ0n) is 13.0. The van der Waals surface area contributed by atoms with E-state index in [4.69, 9.17) is 0 Å². The number of aliphatic hydroxyl groups is 1. The Morgan fingerprint density at radius 1 is 1.25 bits per heavy atom. The molecule has 4 heteroatoms. The SMILES string of the molecule is CC(C)NC1CCCN(CC2(O)CCCCCC2)C1=O. The second-order valence-corrected chi connectivity index (χ2v) is 6.91. The van der Waals surface area contributed by atoms with Gasteiger partial charge in [0.2, 0.25) is 5.91 Å². The van der Waals surface area contributed by atoms with E-state index in [1.54, 1.807) is 0 Å². The molecule has 1 unspecified atom stereocenters. The molecule has 2 fully saturated rings. The maximum Gasteiger partial charge on any atom is 0.239 e. The average molecular weight is 282 g/mol. The highest BCUT2D eigenvalue weighted by atomic mass is 16.3. The molecule has 1 saturated heterocycles. The van der Waals surface area contributed by atoms with Crippen LogP contribution in [0.15, 0.2) is 0 Å². The first-order chi connectivity index (χ1) is 9.50. The number of amides is 1. The van der Waals surface area contributed by atoms with Crippen molar-refractivity contribution in [1.82, 2.24) is 10.2 Å². The lowest BCUT2D eigenvalue weighted by Gasteiger charge is -2.39. The summed E-state index contributed by atoms with van der Waals surface area (Å²) in [5, 5.41) is 14.1. The number of piperidine rings is 1. The van der Waals surface area contributed by atoms with E-state index in [2.05, 4.69) is 19.2 Å². The molecule has 0 aromatic carbocycles. The summed E-state index contributed by atoms with van der Waals surface area (Å²) < 4.78 is 0. The average Bonchev–Trinajstić information content (AvgIpc) is 2.59. The van der Waals surface area contributed by atoms with Crippen molar-refractivity contribution in [2.45, 2.75) is 82.9 Å². The second kappa shape index (κ2) is 6.90. The Morgan fingerprint density at radius 2 is 1.90 bits per heavy atom. The van der Waals surface area contributed by atoms with Crippen LogP contribution in [-0.2, 0) is 4.79 Å². The van der Waals surface area contributed by atoms with E-state index in [0.29, 0.717) is 12.6 Å². The Balaban J connectivity index is 1.95. The first-order valence-corrected chi connectivity index (χ1v) is 8.27. The van der Waals surface area contributed by atoms with Gasteiger partial charge in [-0.1, -0.05) is 39.5 Å².